The van der Waals surface area contributed by atoms with Gasteiger partial charge in [-0.15, -0.1) is 0 Å². The van der Waals surface area contributed by atoms with Gasteiger partial charge in [-0.25, -0.2) is 14.8 Å². The second-order valence-corrected chi connectivity index (χ2v) is 8.13. The van der Waals surface area contributed by atoms with E-state index < -0.39 is 12.2 Å². The number of cyclic esters (lactones) is 1. The van der Waals surface area contributed by atoms with E-state index in [1.54, 1.807) is 24.4 Å². The molecule has 0 aromatic carbocycles. The van der Waals surface area contributed by atoms with Crippen molar-refractivity contribution < 1.29 is 28.8 Å². The Balaban J connectivity index is 1.25. The molecule has 0 unspecified atom stereocenters. The van der Waals surface area contributed by atoms with Crippen molar-refractivity contribution >= 4 is 34.7 Å². The lowest BCUT2D eigenvalue weighted by molar-refractivity contribution is 0.00706. The zero-order valence-corrected chi connectivity index (χ0v) is 17.4. The van der Waals surface area contributed by atoms with E-state index in [9.17, 15) is 9.90 Å². The molecule has 2 N–H and O–H groups in total. The Hall–Kier alpha value is -2.99. The molecule has 6 heterocycles. The van der Waals surface area contributed by atoms with Crippen LogP contribution in [0.15, 0.2) is 24.4 Å². The molecule has 0 bridgehead atoms. The number of aromatic amines is 1. The van der Waals surface area contributed by atoms with Crippen molar-refractivity contribution in [2.75, 3.05) is 31.3 Å². The summed E-state index contributed by atoms with van der Waals surface area (Å²) in [6, 6.07) is 5.49. The number of amides is 1. The molecule has 32 heavy (non-hydrogen) atoms. The number of hydrogen-bond acceptors (Lipinski definition) is 9. The van der Waals surface area contributed by atoms with Gasteiger partial charge in [-0.05, 0) is 18.2 Å². The molecule has 11 nitrogen and oxygen atoms in total. The van der Waals surface area contributed by atoms with E-state index in [4.69, 9.17) is 30.5 Å². The number of nitrogens with one attached hydrogen (secondary N) is 1. The molecule has 3 aliphatic heterocycles. The number of aliphatic hydroxyl groups excluding tert-OH is 1. The van der Waals surface area contributed by atoms with E-state index >= 15 is 0 Å². The number of H-pyrrole nitrogens is 1. The van der Waals surface area contributed by atoms with Gasteiger partial charge in [-0.1, -0.05) is 11.6 Å². The Labute approximate surface area is 186 Å². The summed E-state index contributed by atoms with van der Waals surface area (Å²) in [5, 5.41) is 10.3. The number of imidazole rings is 1. The van der Waals surface area contributed by atoms with Gasteiger partial charge in [0.05, 0.1) is 36.0 Å². The lowest BCUT2D eigenvalue weighted by atomic mass is 10.1. The predicted octanol–water partition coefficient (Wildman–Crippen LogP) is 1.54. The first-order valence-electron chi connectivity index (χ1n) is 10.1. The number of hydrogen-bond donors (Lipinski definition) is 2. The highest BCUT2D eigenvalue weighted by Gasteiger charge is 2.48. The van der Waals surface area contributed by atoms with E-state index in [1.165, 1.54) is 4.90 Å². The van der Waals surface area contributed by atoms with Gasteiger partial charge in [0.1, 0.15) is 30.7 Å². The van der Waals surface area contributed by atoms with Crippen molar-refractivity contribution in [3.05, 3.63) is 29.4 Å². The van der Waals surface area contributed by atoms with Crippen molar-refractivity contribution in [3.8, 4) is 17.3 Å². The standard InChI is InChI=1S/C20H18ClN5O6/c21-10-5-11-18(25-19(23-11)32-13-8-31-16-12(27)7-30-17(13)16)24-15(10)9-1-2-14(22-6-9)26-3-4-29-20(26)28/h1-2,5-6,12-13,16-17,27H,3-4,7-8H2,(H,23,24,25)/t12-,13-,16-,17-/m1/s1. The lowest BCUT2D eigenvalue weighted by Gasteiger charge is -2.15. The van der Waals surface area contributed by atoms with Gasteiger partial charge in [0.25, 0.3) is 6.01 Å². The summed E-state index contributed by atoms with van der Waals surface area (Å²) < 4.78 is 22.0. The number of carbonyl (C=O) groups is 1. The van der Waals surface area contributed by atoms with Crippen molar-refractivity contribution in [1.29, 1.82) is 0 Å². The molecule has 3 saturated heterocycles. The molecule has 0 spiro atoms. The molecule has 4 atom stereocenters. The first kappa shape index (κ1) is 19.7. The monoisotopic (exact) mass is 459 g/mol. The number of ether oxygens (including phenoxy) is 4. The summed E-state index contributed by atoms with van der Waals surface area (Å²) >= 11 is 6.47. The normalized spacial score (nSPS) is 27.2. The molecule has 166 valence electrons. The fourth-order valence-corrected chi connectivity index (χ4v) is 4.39. The first-order chi connectivity index (χ1) is 15.6. The van der Waals surface area contributed by atoms with Crippen LogP contribution in [0, 0.1) is 0 Å². The maximum Gasteiger partial charge on any atom is 0.415 e. The number of rotatable bonds is 4. The summed E-state index contributed by atoms with van der Waals surface area (Å²) in [6.45, 7) is 1.33. The molecule has 3 fully saturated rings. The SMILES string of the molecule is O=C1OCCN1c1ccc(-c2nc3nc(O[C@@H]4CO[C@H]5[C@@H]4OC[C@H]5O)[nH]c3cc2Cl)cn1. The third-order valence-electron chi connectivity index (χ3n) is 5.71. The lowest BCUT2D eigenvalue weighted by Crippen LogP contribution is -2.34. The van der Waals surface area contributed by atoms with Crippen molar-refractivity contribution in [3.63, 3.8) is 0 Å². The van der Waals surface area contributed by atoms with Crippen LogP contribution in [0.5, 0.6) is 6.01 Å². The molecule has 6 rings (SSSR count). The number of carbonyl (C=O) groups excluding carboxylic acids is 1. The van der Waals surface area contributed by atoms with Crippen LogP contribution in [0.3, 0.4) is 0 Å². The smallest absolute Gasteiger partial charge is 0.415 e. The highest BCUT2D eigenvalue weighted by molar-refractivity contribution is 6.33. The number of fused-ring (bicyclic) bond motifs is 2. The molecule has 0 saturated carbocycles. The summed E-state index contributed by atoms with van der Waals surface area (Å²) in [6.07, 6.45) is -0.582. The van der Waals surface area contributed by atoms with Crippen LogP contribution in [-0.4, -0.2) is 81.9 Å². The largest absolute Gasteiger partial charge is 0.456 e. The molecule has 0 radical (unpaired) electrons. The number of nitrogens with zero attached hydrogens (tertiary/aromatic N) is 4. The Morgan fingerprint density at radius 3 is 2.88 bits per heavy atom. The maximum atomic E-state index is 11.7. The van der Waals surface area contributed by atoms with Gasteiger partial charge < -0.3 is 29.0 Å². The van der Waals surface area contributed by atoms with E-state index in [0.717, 1.165) is 0 Å². The minimum Gasteiger partial charge on any atom is -0.456 e. The van der Waals surface area contributed by atoms with Crippen molar-refractivity contribution in [2.45, 2.75) is 24.4 Å². The van der Waals surface area contributed by atoms with Crippen LogP contribution in [0.25, 0.3) is 22.4 Å². The molecule has 12 heteroatoms. The van der Waals surface area contributed by atoms with E-state index in [0.29, 0.717) is 53.0 Å². The van der Waals surface area contributed by atoms with Gasteiger partial charge >= 0.3 is 6.09 Å². The predicted molar refractivity (Wildman–Crippen MR) is 111 cm³/mol. The number of aliphatic hydroxyl groups is 1. The Bertz CT molecular complexity index is 1190. The zero-order chi connectivity index (χ0) is 21.8. The van der Waals surface area contributed by atoms with Crippen LogP contribution >= 0.6 is 11.6 Å². The molecule has 3 aliphatic rings. The fraction of sp³-hybridized carbons (Fsp3) is 0.400. The maximum absolute atomic E-state index is 11.7. The van der Waals surface area contributed by atoms with Gasteiger partial charge in [-0.3, -0.25) is 4.90 Å². The Morgan fingerprint density at radius 1 is 1.22 bits per heavy atom. The molecule has 0 aliphatic carbocycles. The van der Waals surface area contributed by atoms with Crippen LogP contribution in [0.4, 0.5) is 10.6 Å². The highest BCUT2D eigenvalue weighted by atomic mass is 35.5. The number of halogens is 1. The van der Waals surface area contributed by atoms with Crippen LogP contribution in [-0.2, 0) is 14.2 Å². The number of aromatic nitrogens is 4. The van der Waals surface area contributed by atoms with Crippen molar-refractivity contribution in [1.82, 2.24) is 19.9 Å². The summed E-state index contributed by atoms with van der Waals surface area (Å²) in [7, 11) is 0. The zero-order valence-electron chi connectivity index (χ0n) is 16.6. The van der Waals surface area contributed by atoms with Crippen LogP contribution < -0.4 is 9.64 Å². The minimum absolute atomic E-state index is 0.224. The van der Waals surface area contributed by atoms with Gasteiger partial charge in [0.2, 0.25) is 0 Å². The quantitative estimate of drug-likeness (QED) is 0.596. The van der Waals surface area contributed by atoms with Gasteiger partial charge in [-0.2, -0.15) is 4.98 Å². The average molecular weight is 460 g/mol. The number of pyridine rings is 2. The minimum atomic E-state index is -0.650. The van der Waals surface area contributed by atoms with Crippen LogP contribution in [0.1, 0.15) is 0 Å². The molecule has 3 aromatic rings. The summed E-state index contributed by atoms with van der Waals surface area (Å²) in [5.74, 6) is 0.500. The van der Waals surface area contributed by atoms with Crippen LogP contribution in [0.2, 0.25) is 5.02 Å². The topological polar surface area (TPSA) is 132 Å². The summed E-state index contributed by atoms with van der Waals surface area (Å²) in [4.78, 5) is 29.6. The van der Waals surface area contributed by atoms with Gasteiger partial charge in [0.15, 0.2) is 11.8 Å². The first-order valence-corrected chi connectivity index (χ1v) is 10.5. The average Bonchev–Trinajstić information content (AvgIpc) is 3.55. The molecule has 3 aromatic heterocycles. The molecule has 1 amide bonds. The Kier molecular flexibility index (Phi) is 4.65. The van der Waals surface area contributed by atoms with Gasteiger partial charge in [0, 0.05) is 11.8 Å². The van der Waals surface area contributed by atoms with E-state index in [-0.39, 0.29) is 30.9 Å². The fourth-order valence-electron chi connectivity index (χ4n) is 4.13. The van der Waals surface area contributed by atoms with Crippen molar-refractivity contribution in [2.24, 2.45) is 0 Å². The third kappa shape index (κ3) is 3.25. The second-order valence-electron chi connectivity index (χ2n) is 7.72. The second kappa shape index (κ2) is 7.55. The number of anilines is 1. The highest BCUT2D eigenvalue weighted by Crippen LogP contribution is 2.32. The molecular weight excluding hydrogens is 442 g/mol. The third-order valence-corrected chi connectivity index (χ3v) is 6.00. The van der Waals surface area contributed by atoms with E-state index in [2.05, 4.69) is 19.9 Å². The summed E-state index contributed by atoms with van der Waals surface area (Å²) in [5.41, 5.74) is 2.22. The Morgan fingerprint density at radius 2 is 2.09 bits per heavy atom. The molecular formula is C20H18ClN5O6. The van der Waals surface area contributed by atoms with E-state index in [1.807, 2.05) is 0 Å².